The van der Waals surface area contributed by atoms with Crippen LogP contribution in [0.1, 0.15) is 25.0 Å². The number of thioether (sulfide) groups is 1. The van der Waals surface area contributed by atoms with Gasteiger partial charge in [-0.3, -0.25) is 4.79 Å². The van der Waals surface area contributed by atoms with Gasteiger partial charge in [-0.25, -0.2) is 0 Å². The largest absolute Gasteiger partial charge is 0.496 e. The van der Waals surface area contributed by atoms with Crippen molar-refractivity contribution in [3.8, 4) is 5.75 Å². The summed E-state index contributed by atoms with van der Waals surface area (Å²) in [6, 6.07) is 5.59. The highest BCUT2D eigenvalue weighted by atomic mass is 32.2. The van der Waals surface area contributed by atoms with Crippen molar-refractivity contribution in [2.24, 2.45) is 0 Å². The van der Waals surface area contributed by atoms with Gasteiger partial charge >= 0.3 is 5.97 Å². The summed E-state index contributed by atoms with van der Waals surface area (Å²) < 4.78 is 9.82. The first-order valence-electron chi connectivity index (χ1n) is 5.64. The molecular weight excluding hydrogens is 252 g/mol. The SMILES string of the molecule is COC(=O)CCSc1cccc(OC)c1[C@H](C)O. The van der Waals surface area contributed by atoms with Gasteiger partial charge in [0.05, 0.1) is 26.7 Å². The standard InChI is InChI=1S/C13H18O4S/c1-9(14)13-10(16-2)5-4-6-11(13)18-8-7-12(15)17-3/h4-6,9,14H,7-8H2,1-3H3/t9-/m0/s1. The number of hydrogen-bond donors (Lipinski definition) is 1. The lowest BCUT2D eigenvalue weighted by Crippen LogP contribution is -2.02. The first-order valence-corrected chi connectivity index (χ1v) is 6.63. The molecule has 0 heterocycles. The first-order chi connectivity index (χ1) is 8.60. The molecule has 0 bridgehead atoms. The van der Waals surface area contributed by atoms with E-state index in [1.807, 2.05) is 18.2 Å². The summed E-state index contributed by atoms with van der Waals surface area (Å²) in [6.45, 7) is 1.70. The molecule has 1 N–H and O–H groups in total. The molecule has 1 atom stereocenters. The monoisotopic (exact) mass is 270 g/mol. The Balaban J connectivity index is 2.78. The van der Waals surface area contributed by atoms with E-state index in [4.69, 9.17) is 4.74 Å². The Hall–Kier alpha value is -1.20. The van der Waals surface area contributed by atoms with Crippen molar-refractivity contribution in [2.45, 2.75) is 24.3 Å². The zero-order chi connectivity index (χ0) is 13.5. The number of carbonyl (C=O) groups excluding carboxylic acids is 1. The van der Waals surface area contributed by atoms with Crippen LogP contribution in [-0.2, 0) is 9.53 Å². The topological polar surface area (TPSA) is 55.8 Å². The highest BCUT2D eigenvalue weighted by molar-refractivity contribution is 7.99. The van der Waals surface area contributed by atoms with Crippen LogP contribution in [0.15, 0.2) is 23.1 Å². The number of ether oxygens (including phenoxy) is 2. The van der Waals surface area contributed by atoms with E-state index in [0.29, 0.717) is 17.9 Å². The number of benzene rings is 1. The molecule has 0 unspecified atom stereocenters. The molecule has 0 fully saturated rings. The molecule has 0 saturated heterocycles. The van der Waals surface area contributed by atoms with E-state index in [9.17, 15) is 9.90 Å². The molecule has 1 aromatic carbocycles. The number of carbonyl (C=O) groups is 1. The molecular formula is C13H18O4S. The normalized spacial score (nSPS) is 12.0. The maximum atomic E-state index is 11.0. The molecule has 0 aliphatic rings. The van der Waals surface area contributed by atoms with Crippen LogP contribution in [-0.4, -0.2) is 31.0 Å². The van der Waals surface area contributed by atoms with E-state index in [1.54, 1.807) is 14.0 Å². The number of methoxy groups -OCH3 is 2. The van der Waals surface area contributed by atoms with Gasteiger partial charge in [0.1, 0.15) is 5.75 Å². The Morgan fingerprint density at radius 1 is 1.44 bits per heavy atom. The molecule has 0 spiro atoms. The van der Waals surface area contributed by atoms with Gasteiger partial charge in [-0.15, -0.1) is 11.8 Å². The Morgan fingerprint density at radius 2 is 2.17 bits per heavy atom. The maximum absolute atomic E-state index is 11.0. The molecule has 4 nitrogen and oxygen atoms in total. The number of rotatable bonds is 6. The van der Waals surface area contributed by atoms with Crippen LogP contribution in [0, 0.1) is 0 Å². The van der Waals surface area contributed by atoms with E-state index >= 15 is 0 Å². The Labute approximate surface area is 111 Å². The third kappa shape index (κ3) is 3.92. The summed E-state index contributed by atoms with van der Waals surface area (Å²) >= 11 is 1.51. The summed E-state index contributed by atoms with van der Waals surface area (Å²) in [6.07, 6.45) is -0.265. The molecule has 0 radical (unpaired) electrons. The van der Waals surface area contributed by atoms with Crippen molar-refractivity contribution in [1.82, 2.24) is 0 Å². The zero-order valence-corrected chi connectivity index (χ0v) is 11.6. The fourth-order valence-electron chi connectivity index (χ4n) is 1.59. The lowest BCUT2D eigenvalue weighted by atomic mass is 10.1. The fourth-order valence-corrected chi connectivity index (χ4v) is 2.68. The van der Waals surface area contributed by atoms with E-state index in [2.05, 4.69) is 4.74 Å². The van der Waals surface area contributed by atoms with Crippen LogP contribution < -0.4 is 4.74 Å². The third-order valence-corrected chi connectivity index (χ3v) is 3.53. The minimum Gasteiger partial charge on any atom is -0.496 e. The smallest absolute Gasteiger partial charge is 0.306 e. The van der Waals surface area contributed by atoms with Crippen LogP contribution in [0.4, 0.5) is 0 Å². The fraction of sp³-hybridized carbons (Fsp3) is 0.462. The molecule has 1 aromatic rings. The van der Waals surface area contributed by atoms with Crippen molar-refractivity contribution in [1.29, 1.82) is 0 Å². The summed E-state index contributed by atoms with van der Waals surface area (Å²) in [7, 11) is 2.95. The van der Waals surface area contributed by atoms with E-state index in [-0.39, 0.29) is 5.97 Å². The number of aliphatic hydroxyl groups excluding tert-OH is 1. The minimum absolute atomic E-state index is 0.232. The van der Waals surface area contributed by atoms with Crippen LogP contribution in [0.25, 0.3) is 0 Å². The highest BCUT2D eigenvalue weighted by Crippen LogP contribution is 2.34. The number of esters is 1. The van der Waals surface area contributed by atoms with Gasteiger partial charge in [-0.05, 0) is 19.1 Å². The van der Waals surface area contributed by atoms with Crippen molar-refractivity contribution in [2.75, 3.05) is 20.0 Å². The lowest BCUT2D eigenvalue weighted by molar-refractivity contribution is -0.140. The van der Waals surface area contributed by atoms with Gasteiger partial charge in [-0.2, -0.15) is 0 Å². The van der Waals surface area contributed by atoms with Crippen LogP contribution in [0.2, 0.25) is 0 Å². The molecule has 0 saturated carbocycles. The van der Waals surface area contributed by atoms with Gasteiger partial charge in [0.15, 0.2) is 0 Å². The summed E-state index contributed by atoms with van der Waals surface area (Å²) in [4.78, 5) is 12.0. The molecule has 0 aliphatic carbocycles. The van der Waals surface area contributed by atoms with Crippen molar-refractivity contribution < 1.29 is 19.4 Å². The minimum atomic E-state index is -0.609. The van der Waals surface area contributed by atoms with E-state index in [0.717, 1.165) is 10.5 Å². The van der Waals surface area contributed by atoms with Gasteiger partial charge in [0.25, 0.3) is 0 Å². The predicted molar refractivity (Wildman–Crippen MR) is 71.0 cm³/mol. The molecule has 0 amide bonds. The summed E-state index contributed by atoms with van der Waals surface area (Å²) in [5, 5.41) is 9.79. The van der Waals surface area contributed by atoms with Crippen molar-refractivity contribution in [3.05, 3.63) is 23.8 Å². The van der Waals surface area contributed by atoms with E-state index < -0.39 is 6.10 Å². The van der Waals surface area contributed by atoms with Crippen molar-refractivity contribution >= 4 is 17.7 Å². The van der Waals surface area contributed by atoms with Gasteiger partial charge < -0.3 is 14.6 Å². The molecule has 5 heteroatoms. The van der Waals surface area contributed by atoms with Crippen molar-refractivity contribution in [3.63, 3.8) is 0 Å². The lowest BCUT2D eigenvalue weighted by Gasteiger charge is -2.15. The van der Waals surface area contributed by atoms with Gasteiger partial charge in [-0.1, -0.05) is 6.07 Å². The Kier molecular flexibility index (Phi) is 6.01. The van der Waals surface area contributed by atoms with Crippen LogP contribution in [0.5, 0.6) is 5.75 Å². The molecule has 18 heavy (non-hydrogen) atoms. The zero-order valence-electron chi connectivity index (χ0n) is 10.8. The molecule has 1 rings (SSSR count). The molecule has 0 aliphatic heterocycles. The maximum Gasteiger partial charge on any atom is 0.306 e. The van der Waals surface area contributed by atoms with E-state index in [1.165, 1.54) is 18.9 Å². The average molecular weight is 270 g/mol. The Bertz CT molecular complexity index is 404. The second-order valence-corrected chi connectivity index (χ2v) is 4.86. The molecule has 100 valence electrons. The quantitative estimate of drug-likeness (QED) is 0.635. The summed E-state index contributed by atoms with van der Waals surface area (Å²) in [5.41, 5.74) is 0.759. The third-order valence-electron chi connectivity index (χ3n) is 2.46. The van der Waals surface area contributed by atoms with Crippen LogP contribution in [0.3, 0.4) is 0 Å². The number of hydrogen-bond acceptors (Lipinski definition) is 5. The summed E-state index contributed by atoms with van der Waals surface area (Å²) in [5.74, 6) is 1.04. The van der Waals surface area contributed by atoms with Crippen LogP contribution >= 0.6 is 11.8 Å². The second kappa shape index (κ2) is 7.28. The highest BCUT2D eigenvalue weighted by Gasteiger charge is 2.14. The second-order valence-electron chi connectivity index (χ2n) is 3.72. The molecule has 0 aromatic heterocycles. The number of aliphatic hydroxyl groups is 1. The van der Waals surface area contributed by atoms with Gasteiger partial charge in [0.2, 0.25) is 0 Å². The Morgan fingerprint density at radius 3 is 2.72 bits per heavy atom. The first kappa shape index (κ1) is 14.9. The van der Waals surface area contributed by atoms with Gasteiger partial charge in [0, 0.05) is 16.2 Å². The predicted octanol–water partition coefficient (Wildman–Crippen LogP) is 2.40. The average Bonchev–Trinajstić information content (AvgIpc) is 2.37.